The van der Waals surface area contributed by atoms with Gasteiger partial charge in [-0.3, -0.25) is 4.98 Å². The minimum atomic E-state index is 0.329. The summed E-state index contributed by atoms with van der Waals surface area (Å²) in [7, 11) is 1.56. The Bertz CT molecular complexity index is 912. The number of methoxy groups -OCH3 is 1. The van der Waals surface area contributed by atoms with E-state index < -0.39 is 0 Å². The zero-order valence-corrected chi connectivity index (χ0v) is 15.0. The summed E-state index contributed by atoms with van der Waals surface area (Å²) in [5, 5.41) is 9.01. The molecule has 2 aliphatic carbocycles. The average Bonchev–Trinajstić information content (AvgIpc) is 3.39. The van der Waals surface area contributed by atoms with Crippen molar-refractivity contribution in [1.29, 1.82) is 0 Å². The summed E-state index contributed by atoms with van der Waals surface area (Å²) in [5.74, 6) is 0.743. The van der Waals surface area contributed by atoms with Crippen molar-refractivity contribution in [3.63, 3.8) is 0 Å². The number of fused-ring (bicyclic) bond motifs is 2. The molecule has 1 fully saturated rings. The highest BCUT2D eigenvalue weighted by atomic mass is 16.5. The second-order valence-corrected chi connectivity index (χ2v) is 7.10. The van der Waals surface area contributed by atoms with E-state index in [2.05, 4.69) is 58.8 Å². The van der Waals surface area contributed by atoms with Gasteiger partial charge in [0, 0.05) is 11.1 Å². The molecular formula is C22H23N3O. The molecule has 0 amide bonds. The van der Waals surface area contributed by atoms with Crippen LogP contribution in [0.1, 0.15) is 25.0 Å². The second-order valence-electron chi connectivity index (χ2n) is 7.10. The van der Waals surface area contributed by atoms with E-state index in [1.54, 1.807) is 13.3 Å². The van der Waals surface area contributed by atoms with E-state index in [-0.39, 0.29) is 0 Å². The van der Waals surface area contributed by atoms with E-state index in [9.17, 15) is 0 Å². The molecule has 1 saturated carbocycles. The number of rotatable bonds is 6. The molecule has 4 nitrogen and oxygen atoms in total. The van der Waals surface area contributed by atoms with Gasteiger partial charge in [-0.05, 0) is 54.7 Å². The summed E-state index contributed by atoms with van der Waals surface area (Å²) in [5.41, 5.74) is 3.72. The first-order valence-electron chi connectivity index (χ1n) is 9.11. The lowest BCUT2D eigenvalue weighted by atomic mass is 9.94. The fourth-order valence-corrected chi connectivity index (χ4v) is 3.80. The second kappa shape index (κ2) is 7.24. The topological polar surface area (TPSA) is 46.8 Å². The summed E-state index contributed by atoms with van der Waals surface area (Å²) in [6.07, 6.45) is 14.5. The molecule has 4 rings (SSSR count). The molecule has 26 heavy (non-hydrogen) atoms. The number of para-hydroxylation sites is 1. The quantitative estimate of drug-likeness (QED) is 0.432. The Hall–Kier alpha value is -2.75. The highest BCUT2D eigenvalue weighted by Crippen LogP contribution is 2.59. The molecule has 1 heterocycles. The number of allylic oxidation sites excluding steroid dienone is 4. The normalized spacial score (nSPS) is 24.7. The van der Waals surface area contributed by atoms with E-state index in [1.165, 1.54) is 23.9 Å². The third-order valence-electron chi connectivity index (χ3n) is 5.45. The molecule has 0 N–H and O–H groups in total. The fourth-order valence-electron chi connectivity index (χ4n) is 3.80. The van der Waals surface area contributed by atoms with E-state index in [1.807, 2.05) is 6.07 Å². The van der Waals surface area contributed by atoms with Gasteiger partial charge in [0.15, 0.2) is 6.40 Å². The third kappa shape index (κ3) is 3.59. The molecule has 4 heteroatoms. The SMILES string of the molecule is CO/C=N\N=C\C1=CCC2CC2(CCc2ccc3ccccc3n2)C=C1. The maximum absolute atomic E-state index is 4.82. The Kier molecular flexibility index (Phi) is 4.65. The molecular weight excluding hydrogens is 322 g/mol. The minimum absolute atomic E-state index is 0.329. The summed E-state index contributed by atoms with van der Waals surface area (Å²) < 4.78 is 4.75. The fraction of sp³-hybridized carbons (Fsp3) is 0.318. The molecule has 132 valence electrons. The maximum atomic E-state index is 4.82. The third-order valence-corrected chi connectivity index (χ3v) is 5.45. The number of ether oxygens (including phenoxy) is 1. The Balaban J connectivity index is 1.41. The van der Waals surface area contributed by atoms with Crippen LogP contribution in [0.4, 0.5) is 0 Å². The first-order valence-corrected chi connectivity index (χ1v) is 9.11. The summed E-state index contributed by atoms with van der Waals surface area (Å²) in [6, 6.07) is 12.7. The van der Waals surface area contributed by atoms with Gasteiger partial charge in [-0.2, -0.15) is 5.10 Å². The summed E-state index contributed by atoms with van der Waals surface area (Å²) >= 11 is 0. The molecule has 2 aliphatic rings. The molecule has 0 saturated heterocycles. The average molecular weight is 345 g/mol. The number of hydrogen-bond donors (Lipinski definition) is 0. The predicted molar refractivity (Wildman–Crippen MR) is 106 cm³/mol. The lowest BCUT2D eigenvalue weighted by Crippen LogP contribution is -2.03. The summed E-state index contributed by atoms with van der Waals surface area (Å²) in [6.45, 7) is 0. The van der Waals surface area contributed by atoms with Gasteiger partial charge in [-0.1, -0.05) is 42.5 Å². The van der Waals surface area contributed by atoms with Crippen LogP contribution in [0.25, 0.3) is 10.9 Å². The van der Waals surface area contributed by atoms with Crippen molar-refractivity contribution in [2.75, 3.05) is 7.11 Å². The highest BCUT2D eigenvalue weighted by Gasteiger charge is 2.50. The number of pyridine rings is 1. The van der Waals surface area contributed by atoms with Crippen LogP contribution in [0, 0.1) is 11.3 Å². The highest BCUT2D eigenvalue weighted by molar-refractivity contribution is 5.82. The predicted octanol–water partition coefficient (Wildman–Crippen LogP) is 4.72. The maximum Gasteiger partial charge on any atom is 0.194 e. The minimum Gasteiger partial charge on any atom is -0.485 e. The van der Waals surface area contributed by atoms with E-state index in [0.29, 0.717) is 5.41 Å². The van der Waals surface area contributed by atoms with Crippen molar-refractivity contribution in [3.8, 4) is 0 Å². The lowest BCUT2D eigenvalue weighted by molar-refractivity contribution is 0.421. The van der Waals surface area contributed by atoms with Crippen molar-refractivity contribution in [2.24, 2.45) is 21.5 Å². The van der Waals surface area contributed by atoms with Crippen molar-refractivity contribution in [3.05, 3.63) is 65.9 Å². The van der Waals surface area contributed by atoms with E-state index >= 15 is 0 Å². The van der Waals surface area contributed by atoms with E-state index in [4.69, 9.17) is 9.72 Å². The molecule has 0 spiro atoms. The van der Waals surface area contributed by atoms with Crippen molar-refractivity contribution in [2.45, 2.75) is 25.7 Å². The number of hydrogen-bond acceptors (Lipinski definition) is 4. The van der Waals surface area contributed by atoms with Crippen LogP contribution in [0.5, 0.6) is 0 Å². The van der Waals surface area contributed by atoms with Crippen molar-refractivity contribution in [1.82, 2.24) is 4.98 Å². The molecule has 2 unspecified atom stereocenters. The molecule has 0 aliphatic heterocycles. The first-order chi connectivity index (χ1) is 12.8. The van der Waals surface area contributed by atoms with Gasteiger partial charge in [0.2, 0.25) is 0 Å². The van der Waals surface area contributed by atoms with Gasteiger partial charge in [0.1, 0.15) is 0 Å². The van der Waals surface area contributed by atoms with Crippen LogP contribution in [0.2, 0.25) is 0 Å². The number of benzene rings is 1. The van der Waals surface area contributed by atoms with Crippen molar-refractivity contribution >= 4 is 23.5 Å². The van der Waals surface area contributed by atoms with Crippen LogP contribution >= 0.6 is 0 Å². The largest absolute Gasteiger partial charge is 0.485 e. The van der Waals surface area contributed by atoms with Gasteiger partial charge < -0.3 is 4.74 Å². The summed E-state index contributed by atoms with van der Waals surface area (Å²) in [4.78, 5) is 4.82. The van der Waals surface area contributed by atoms with Crippen LogP contribution in [-0.2, 0) is 11.2 Å². The van der Waals surface area contributed by atoms with Crippen molar-refractivity contribution < 1.29 is 4.74 Å². The van der Waals surface area contributed by atoms with Gasteiger partial charge in [-0.25, -0.2) is 0 Å². The van der Waals surface area contributed by atoms with Gasteiger partial charge >= 0.3 is 0 Å². The lowest BCUT2D eigenvalue weighted by Gasteiger charge is -2.11. The Labute approximate surface area is 154 Å². The van der Waals surface area contributed by atoms with Crippen LogP contribution < -0.4 is 0 Å². The molecule has 2 atom stereocenters. The zero-order chi connectivity index (χ0) is 17.8. The number of nitrogens with zero attached hydrogens (tertiary/aromatic N) is 3. The molecule has 2 aromatic rings. The van der Waals surface area contributed by atoms with Crippen LogP contribution in [0.3, 0.4) is 0 Å². The van der Waals surface area contributed by atoms with Gasteiger partial charge in [-0.15, -0.1) is 5.10 Å². The Morgan fingerprint density at radius 2 is 2.15 bits per heavy atom. The Morgan fingerprint density at radius 3 is 3.08 bits per heavy atom. The molecule has 0 radical (unpaired) electrons. The number of aromatic nitrogens is 1. The number of aryl methyl sites for hydroxylation is 1. The van der Waals surface area contributed by atoms with E-state index in [0.717, 1.165) is 36.3 Å². The smallest absolute Gasteiger partial charge is 0.194 e. The van der Waals surface area contributed by atoms with Gasteiger partial charge in [0.05, 0.1) is 18.8 Å². The molecule has 0 bridgehead atoms. The molecule has 1 aromatic heterocycles. The monoisotopic (exact) mass is 345 g/mol. The first kappa shape index (κ1) is 16.7. The zero-order valence-electron chi connectivity index (χ0n) is 15.0. The Morgan fingerprint density at radius 1 is 1.23 bits per heavy atom. The van der Waals surface area contributed by atoms with Crippen LogP contribution in [-0.4, -0.2) is 24.7 Å². The molecule has 1 aromatic carbocycles. The van der Waals surface area contributed by atoms with Crippen LogP contribution in [0.15, 0.2) is 70.4 Å². The standard InChI is InChI=1S/C22H23N3O/c1-26-16-24-23-15-17-6-8-19-14-22(19,12-10-17)13-11-20-9-7-18-4-2-3-5-21(18)25-20/h2-7,9-10,12,15-16,19H,8,11,13-14H2,1H3/b23-15+,24-16-. The van der Waals surface area contributed by atoms with Gasteiger partial charge in [0.25, 0.3) is 0 Å².